The Bertz CT molecular complexity index is 1010. The first kappa shape index (κ1) is 19.4. The number of urea groups is 1. The summed E-state index contributed by atoms with van der Waals surface area (Å²) >= 11 is 0. The second kappa shape index (κ2) is 7.27. The molecular formula is C22H29N5O3. The van der Waals surface area contributed by atoms with Crippen LogP contribution < -0.4 is 10.9 Å². The van der Waals surface area contributed by atoms with E-state index in [0.717, 1.165) is 55.0 Å². The summed E-state index contributed by atoms with van der Waals surface area (Å²) in [5.74, 6) is 0.898. The largest absolute Gasteiger partial charge is 0.472 e. The molecule has 5 rings (SSSR count). The molecule has 3 aliphatic heterocycles. The maximum absolute atomic E-state index is 13.3. The van der Waals surface area contributed by atoms with Gasteiger partial charge in [-0.1, -0.05) is 0 Å². The van der Waals surface area contributed by atoms with E-state index in [9.17, 15) is 9.59 Å². The van der Waals surface area contributed by atoms with Gasteiger partial charge in [0, 0.05) is 62.7 Å². The monoisotopic (exact) mass is 411 g/mol. The van der Waals surface area contributed by atoms with E-state index in [2.05, 4.69) is 10.2 Å². The van der Waals surface area contributed by atoms with Crippen molar-refractivity contribution in [2.45, 2.75) is 64.2 Å². The van der Waals surface area contributed by atoms with Gasteiger partial charge in [0.2, 0.25) is 0 Å². The summed E-state index contributed by atoms with van der Waals surface area (Å²) in [6, 6.07) is 2.06. The van der Waals surface area contributed by atoms with Gasteiger partial charge in [0.05, 0.1) is 23.8 Å². The first-order chi connectivity index (χ1) is 14.4. The molecule has 1 spiro atoms. The van der Waals surface area contributed by atoms with E-state index in [1.54, 1.807) is 12.5 Å². The minimum absolute atomic E-state index is 0.0180. The van der Waals surface area contributed by atoms with Gasteiger partial charge in [-0.05, 0) is 32.8 Å². The van der Waals surface area contributed by atoms with Crippen molar-refractivity contribution >= 4 is 6.03 Å². The molecule has 0 bridgehead atoms. The SMILES string of the molecule is CC(C)NC(=O)N1CCC2(CCn3c2nc2c(c3=O)CN(Cc3ccoc3)CC2)C1. The smallest absolute Gasteiger partial charge is 0.317 e. The molecule has 30 heavy (non-hydrogen) atoms. The molecule has 0 radical (unpaired) electrons. The van der Waals surface area contributed by atoms with Crippen LogP contribution in [0, 0.1) is 0 Å². The Morgan fingerprint density at radius 2 is 2.13 bits per heavy atom. The topological polar surface area (TPSA) is 83.6 Å². The number of hydrogen-bond acceptors (Lipinski definition) is 5. The van der Waals surface area contributed by atoms with Gasteiger partial charge in [0.25, 0.3) is 5.56 Å². The molecule has 1 unspecified atom stereocenters. The van der Waals surface area contributed by atoms with Gasteiger partial charge in [-0.25, -0.2) is 9.78 Å². The highest BCUT2D eigenvalue weighted by molar-refractivity contribution is 5.75. The Kier molecular flexibility index (Phi) is 4.69. The minimum atomic E-state index is -0.184. The summed E-state index contributed by atoms with van der Waals surface area (Å²) in [5, 5.41) is 2.99. The predicted molar refractivity (Wildman–Crippen MR) is 111 cm³/mol. The normalized spacial score (nSPS) is 23.2. The third kappa shape index (κ3) is 3.23. The van der Waals surface area contributed by atoms with Crippen molar-refractivity contribution in [1.82, 2.24) is 24.7 Å². The van der Waals surface area contributed by atoms with Crippen molar-refractivity contribution in [2.75, 3.05) is 19.6 Å². The second-order valence-electron chi connectivity index (χ2n) is 9.22. The van der Waals surface area contributed by atoms with Crippen LogP contribution in [-0.2, 0) is 31.5 Å². The number of likely N-dealkylation sites (tertiary alicyclic amines) is 1. The molecule has 1 atom stereocenters. The number of aromatic nitrogens is 2. The number of rotatable bonds is 3. The fourth-order valence-corrected chi connectivity index (χ4v) is 5.17. The molecule has 8 nitrogen and oxygen atoms in total. The van der Waals surface area contributed by atoms with E-state index in [1.165, 1.54) is 0 Å². The molecular weight excluding hydrogens is 382 g/mol. The first-order valence-corrected chi connectivity index (χ1v) is 10.9. The van der Waals surface area contributed by atoms with Gasteiger partial charge in [0.15, 0.2) is 0 Å². The van der Waals surface area contributed by atoms with Crippen LogP contribution in [-0.4, -0.2) is 51.1 Å². The first-order valence-electron chi connectivity index (χ1n) is 10.9. The standard InChI is InChI=1S/C22H29N5O3/c1-15(2)23-21(29)26-8-5-22(14-26)6-9-27-19(28)17-12-25(11-16-4-10-30-13-16)7-3-18(17)24-20(22)27/h4,10,13,15H,3,5-9,11-12,14H2,1-2H3,(H,23,29). The van der Waals surface area contributed by atoms with Gasteiger partial charge in [-0.15, -0.1) is 0 Å². The van der Waals surface area contributed by atoms with Crippen molar-refractivity contribution in [3.8, 4) is 0 Å². The number of nitrogens with zero attached hydrogens (tertiary/aromatic N) is 4. The highest BCUT2D eigenvalue weighted by atomic mass is 16.3. The van der Waals surface area contributed by atoms with Crippen molar-refractivity contribution in [2.24, 2.45) is 0 Å². The fraction of sp³-hybridized carbons (Fsp3) is 0.591. The van der Waals surface area contributed by atoms with Crippen LogP contribution in [0.5, 0.6) is 0 Å². The number of furan rings is 1. The lowest BCUT2D eigenvalue weighted by atomic mass is 9.85. The number of carbonyl (C=O) groups is 1. The van der Waals surface area contributed by atoms with E-state index >= 15 is 0 Å². The summed E-state index contributed by atoms with van der Waals surface area (Å²) in [6.07, 6.45) is 5.97. The Hall–Kier alpha value is -2.61. The van der Waals surface area contributed by atoms with E-state index in [0.29, 0.717) is 26.2 Å². The van der Waals surface area contributed by atoms with Crippen LogP contribution in [0.4, 0.5) is 4.79 Å². The Balaban J connectivity index is 1.39. The van der Waals surface area contributed by atoms with Gasteiger partial charge >= 0.3 is 6.03 Å². The van der Waals surface area contributed by atoms with Crippen LogP contribution in [0.25, 0.3) is 0 Å². The molecule has 1 saturated heterocycles. The van der Waals surface area contributed by atoms with Gasteiger partial charge in [-0.2, -0.15) is 0 Å². The molecule has 5 heterocycles. The Morgan fingerprint density at radius 3 is 2.90 bits per heavy atom. The molecule has 1 fully saturated rings. The molecule has 160 valence electrons. The summed E-state index contributed by atoms with van der Waals surface area (Å²) in [6.45, 7) is 8.27. The van der Waals surface area contributed by atoms with Crippen molar-refractivity contribution in [1.29, 1.82) is 0 Å². The second-order valence-corrected chi connectivity index (χ2v) is 9.22. The number of fused-ring (bicyclic) bond motifs is 3. The zero-order valence-corrected chi connectivity index (χ0v) is 17.7. The van der Waals surface area contributed by atoms with Gasteiger partial charge in [-0.3, -0.25) is 14.3 Å². The highest BCUT2D eigenvalue weighted by Gasteiger charge is 2.48. The number of hydrogen-bond donors (Lipinski definition) is 1. The number of nitrogens with one attached hydrogen (secondary N) is 1. The maximum atomic E-state index is 13.3. The zero-order chi connectivity index (χ0) is 20.9. The highest BCUT2D eigenvalue weighted by Crippen LogP contribution is 2.41. The average Bonchev–Trinajstić information content (AvgIpc) is 3.44. The van der Waals surface area contributed by atoms with E-state index in [4.69, 9.17) is 9.40 Å². The molecule has 0 saturated carbocycles. The zero-order valence-electron chi connectivity index (χ0n) is 17.7. The number of carbonyl (C=O) groups excluding carboxylic acids is 1. The van der Waals surface area contributed by atoms with Crippen LogP contribution >= 0.6 is 0 Å². The van der Waals surface area contributed by atoms with Gasteiger partial charge < -0.3 is 14.6 Å². The van der Waals surface area contributed by atoms with Crippen LogP contribution in [0.2, 0.25) is 0 Å². The summed E-state index contributed by atoms with van der Waals surface area (Å²) < 4.78 is 7.05. The van der Waals surface area contributed by atoms with Crippen molar-refractivity contribution in [3.63, 3.8) is 0 Å². The van der Waals surface area contributed by atoms with E-state index < -0.39 is 0 Å². The molecule has 2 amide bonds. The quantitative estimate of drug-likeness (QED) is 0.834. The molecule has 1 N–H and O–H groups in total. The molecule has 3 aliphatic rings. The lowest BCUT2D eigenvalue weighted by molar-refractivity contribution is 0.202. The summed E-state index contributed by atoms with van der Waals surface area (Å²) in [4.78, 5) is 35.0. The predicted octanol–water partition coefficient (Wildman–Crippen LogP) is 1.86. The third-order valence-electron chi connectivity index (χ3n) is 6.72. The van der Waals surface area contributed by atoms with Crippen LogP contribution in [0.15, 0.2) is 27.8 Å². The van der Waals surface area contributed by atoms with Crippen molar-refractivity contribution < 1.29 is 9.21 Å². The van der Waals surface area contributed by atoms with E-state index in [1.807, 2.05) is 29.4 Å². The Labute approximate surface area is 175 Å². The molecule has 0 aliphatic carbocycles. The van der Waals surface area contributed by atoms with Crippen molar-refractivity contribution in [3.05, 3.63) is 51.6 Å². The number of amides is 2. The molecule has 2 aromatic heterocycles. The fourth-order valence-electron chi connectivity index (χ4n) is 5.17. The third-order valence-corrected chi connectivity index (χ3v) is 6.72. The van der Waals surface area contributed by atoms with E-state index in [-0.39, 0.29) is 23.0 Å². The lowest BCUT2D eigenvalue weighted by Crippen LogP contribution is -2.43. The van der Waals surface area contributed by atoms with Gasteiger partial charge in [0.1, 0.15) is 5.82 Å². The van der Waals surface area contributed by atoms with Crippen LogP contribution in [0.1, 0.15) is 49.3 Å². The summed E-state index contributed by atoms with van der Waals surface area (Å²) in [7, 11) is 0. The minimum Gasteiger partial charge on any atom is -0.472 e. The molecule has 0 aromatic carbocycles. The molecule has 8 heteroatoms. The summed E-state index contributed by atoms with van der Waals surface area (Å²) in [5.41, 5.74) is 2.82. The molecule has 2 aromatic rings. The average molecular weight is 412 g/mol. The lowest BCUT2D eigenvalue weighted by Gasteiger charge is -2.29. The Morgan fingerprint density at radius 1 is 1.30 bits per heavy atom. The maximum Gasteiger partial charge on any atom is 0.317 e. The van der Waals surface area contributed by atoms with Crippen LogP contribution in [0.3, 0.4) is 0 Å².